The van der Waals surface area contributed by atoms with E-state index in [0.717, 1.165) is 24.5 Å². The van der Waals surface area contributed by atoms with Crippen LogP contribution in [0.3, 0.4) is 0 Å². The minimum atomic E-state index is 0. The first-order valence-electron chi connectivity index (χ1n) is 6.01. The number of hydrogen-bond donors (Lipinski definition) is 0. The molecule has 0 amide bonds. The minimum absolute atomic E-state index is 0. The van der Waals surface area contributed by atoms with Gasteiger partial charge in [0.15, 0.2) is 0 Å². The van der Waals surface area contributed by atoms with Crippen molar-refractivity contribution in [1.29, 1.82) is 0 Å². The van der Waals surface area contributed by atoms with E-state index in [-0.39, 0.29) is 19.5 Å². The zero-order valence-electron chi connectivity index (χ0n) is 10.9. The van der Waals surface area contributed by atoms with Gasteiger partial charge in [0.25, 0.3) is 0 Å². The first kappa shape index (κ1) is 15.9. The molecule has 0 aliphatic heterocycles. The monoisotopic (exact) mass is 304 g/mol. The van der Waals surface area contributed by atoms with Crippen molar-refractivity contribution in [1.82, 2.24) is 9.97 Å². The van der Waals surface area contributed by atoms with Gasteiger partial charge in [-0.2, -0.15) is 13.1 Å². The van der Waals surface area contributed by atoms with Crippen LogP contribution in [-0.4, -0.2) is 23.1 Å². The number of aromatic nitrogens is 2. The summed E-state index contributed by atoms with van der Waals surface area (Å²) in [7, 11) is 0. The van der Waals surface area contributed by atoms with Crippen molar-refractivity contribution in [2.24, 2.45) is 0 Å². The summed E-state index contributed by atoms with van der Waals surface area (Å²) >= 11 is 0. The normalized spacial score (nSPS) is 9.89. The van der Waals surface area contributed by atoms with Gasteiger partial charge < -0.3 is 10.6 Å². The molecule has 0 radical (unpaired) electrons. The second-order valence-electron chi connectivity index (χ2n) is 3.85. The van der Waals surface area contributed by atoms with Crippen LogP contribution in [0, 0.1) is 0 Å². The van der Waals surface area contributed by atoms with Crippen molar-refractivity contribution in [3.8, 4) is 0 Å². The van der Waals surface area contributed by atoms with Gasteiger partial charge in [-0.05, 0) is 24.3 Å². The topological polar surface area (TPSA) is 54.0 Å². The van der Waals surface area contributed by atoms with Crippen LogP contribution >= 0.6 is 0 Å². The molecule has 0 aliphatic rings. The molecule has 4 nitrogen and oxygen atoms in total. The maximum absolute atomic E-state index is 4.40. The summed E-state index contributed by atoms with van der Waals surface area (Å²) in [6, 6.07) is 11.7. The van der Waals surface area contributed by atoms with Gasteiger partial charge in [-0.1, -0.05) is 12.1 Å². The number of rotatable bonds is 7. The van der Waals surface area contributed by atoms with E-state index in [1.807, 2.05) is 36.4 Å². The standard InChI is InChI=1S/C14H16N4.Zn/c1-3-7-17-13(5-1)11-15-9-10-16-12-14-6-2-4-8-18-14;/h1-8H,9-12H2;/q-2;+2. The molecule has 0 bridgehead atoms. The summed E-state index contributed by atoms with van der Waals surface area (Å²) in [6.07, 6.45) is 3.58. The van der Waals surface area contributed by atoms with E-state index >= 15 is 0 Å². The molecule has 5 heteroatoms. The molecular weight excluding hydrogens is 290 g/mol. The van der Waals surface area contributed by atoms with E-state index in [1.54, 1.807) is 12.4 Å². The SMILES string of the molecule is [Zn+2].c1ccc(C[N-]CC[N-]Cc2ccccn2)nc1. The largest absolute Gasteiger partial charge is 2.00 e. The van der Waals surface area contributed by atoms with E-state index in [4.69, 9.17) is 0 Å². The van der Waals surface area contributed by atoms with Crippen molar-refractivity contribution < 1.29 is 19.5 Å². The molecule has 0 saturated carbocycles. The fourth-order valence-electron chi connectivity index (χ4n) is 1.51. The van der Waals surface area contributed by atoms with Gasteiger partial charge in [0.2, 0.25) is 0 Å². The van der Waals surface area contributed by atoms with Crippen LogP contribution in [0.4, 0.5) is 0 Å². The van der Waals surface area contributed by atoms with Crippen molar-refractivity contribution in [3.05, 3.63) is 70.8 Å². The van der Waals surface area contributed by atoms with Crippen LogP contribution < -0.4 is 0 Å². The van der Waals surface area contributed by atoms with Gasteiger partial charge in [0, 0.05) is 23.8 Å². The van der Waals surface area contributed by atoms with Crippen LogP contribution in [0.5, 0.6) is 0 Å². The Morgan fingerprint density at radius 3 is 1.58 bits per heavy atom. The summed E-state index contributed by atoms with van der Waals surface area (Å²) in [5.74, 6) is 0. The summed E-state index contributed by atoms with van der Waals surface area (Å²) in [6.45, 7) is 2.81. The molecule has 2 aromatic rings. The first-order valence-corrected chi connectivity index (χ1v) is 6.01. The average Bonchev–Trinajstić information content (AvgIpc) is 2.45. The Kier molecular flexibility index (Phi) is 8.14. The molecule has 19 heavy (non-hydrogen) atoms. The second-order valence-corrected chi connectivity index (χ2v) is 3.85. The van der Waals surface area contributed by atoms with Gasteiger partial charge >= 0.3 is 19.5 Å². The average molecular weight is 306 g/mol. The fourth-order valence-corrected chi connectivity index (χ4v) is 1.51. The van der Waals surface area contributed by atoms with Crippen LogP contribution in [0.25, 0.3) is 10.6 Å². The predicted molar refractivity (Wildman–Crippen MR) is 72.3 cm³/mol. The van der Waals surface area contributed by atoms with Crippen LogP contribution in [0.2, 0.25) is 0 Å². The molecule has 0 saturated heterocycles. The molecule has 0 spiro atoms. The Morgan fingerprint density at radius 1 is 0.737 bits per heavy atom. The Bertz CT molecular complexity index is 392. The molecule has 94 valence electrons. The van der Waals surface area contributed by atoms with Gasteiger partial charge in [-0.15, -0.1) is 13.1 Å². The van der Waals surface area contributed by atoms with Crippen molar-refractivity contribution in [3.63, 3.8) is 0 Å². The summed E-state index contributed by atoms with van der Waals surface area (Å²) in [4.78, 5) is 8.42. The Labute approximate surface area is 126 Å². The Morgan fingerprint density at radius 2 is 1.21 bits per heavy atom. The third-order valence-electron chi connectivity index (χ3n) is 2.42. The third-order valence-corrected chi connectivity index (χ3v) is 2.42. The van der Waals surface area contributed by atoms with Crippen LogP contribution in [-0.2, 0) is 32.6 Å². The number of pyridine rings is 2. The molecule has 2 heterocycles. The molecule has 2 rings (SSSR count). The van der Waals surface area contributed by atoms with E-state index in [0.29, 0.717) is 13.1 Å². The molecule has 0 N–H and O–H groups in total. The summed E-state index contributed by atoms with van der Waals surface area (Å²) in [5, 5.41) is 8.79. The Balaban J connectivity index is 0.00000180. The minimum Gasteiger partial charge on any atom is -0.659 e. The summed E-state index contributed by atoms with van der Waals surface area (Å²) in [5.41, 5.74) is 2.00. The number of nitrogens with zero attached hydrogens (tertiary/aromatic N) is 4. The fraction of sp³-hybridized carbons (Fsp3) is 0.286. The predicted octanol–water partition coefficient (Wildman–Crippen LogP) is 2.92. The van der Waals surface area contributed by atoms with Gasteiger partial charge in [0.05, 0.1) is 0 Å². The van der Waals surface area contributed by atoms with Gasteiger partial charge in [-0.25, -0.2) is 0 Å². The summed E-state index contributed by atoms with van der Waals surface area (Å²) < 4.78 is 0. The molecule has 0 aromatic carbocycles. The zero-order valence-corrected chi connectivity index (χ0v) is 13.9. The zero-order chi connectivity index (χ0) is 12.5. The molecular formula is C14H16N4Zn. The van der Waals surface area contributed by atoms with Crippen molar-refractivity contribution >= 4 is 0 Å². The second kappa shape index (κ2) is 9.73. The maximum Gasteiger partial charge on any atom is 2.00 e. The maximum atomic E-state index is 4.40. The molecule has 2 aromatic heterocycles. The molecule has 0 atom stereocenters. The first-order chi connectivity index (χ1) is 8.95. The van der Waals surface area contributed by atoms with E-state index < -0.39 is 0 Å². The van der Waals surface area contributed by atoms with E-state index in [2.05, 4.69) is 20.6 Å². The quantitative estimate of drug-likeness (QED) is 0.583. The van der Waals surface area contributed by atoms with Crippen LogP contribution in [0.1, 0.15) is 11.4 Å². The van der Waals surface area contributed by atoms with Crippen molar-refractivity contribution in [2.75, 3.05) is 13.1 Å². The number of hydrogen-bond acceptors (Lipinski definition) is 2. The van der Waals surface area contributed by atoms with E-state index in [9.17, 15) is 0 Å². The van der Waals surface area contributed by atoms with Crippen molar-refractivity contribution in [2.45, 2.75) is 13.1 Å². The van der Waals surface area contributed by atoms with E-state index in [1.165, 1.54) is 0 Å². The van der Waals surface area contributed by atoms with Crippen LogP contribution in [0.15, 0.2) is 48.8 Å². The van der Waals surface area contributed by atoms with Gasteiger partial charge in [0.1, 0.15) is 0 Å². The molecule has 0 aliphatic carbocycles. The van der Waals surface area contributed by atoms with Gasteiger partial charge in [-0.3, -0.25) is 9.97 Å². The smallest absolute Gasteiger partial charge is 0.659 e. The molecule has 0 unspecified atom stereocenters. The third kappa shape index (κ3) is 6.53. The molecule has 0 fully saturated rings. The Hall–Kier alpha value is -1.16.